The van der Waals surface area contributed by atoms with Crippen LogP contribution in [0.25, 0.3) is 0 Å². The van der Waals surface area contributed by atoms with Gasteiger partial charge >= 0.3 is 5.97 Å². The molecule has 20 heavy (non-hydrogen) atoms. The van der Waals surface area contributed by atoms with Crippen molar-refractivity contribution >= 4 is 39.4 Å². The molecule has 0 saturated carbocycles. The Morgan fingerprint density at radius 1 is 1.50 bits per heavy atom. The Labute approximate surface area is 128 Å². The molecule has 4 nitrogen and oxygen atoms in total. The van der Waals surface area contributed by atoms with Gasteiger partial charge in [-0.3, -0.25) is 9.59 Å². The molecule has 1 aromatic rings. The number of carbonyl (C=O) groups is 2. The molecular weight excluding hydrogens is 353 g/mol. The number of hydrogen-bond acceptors (Lipinski definition) is 2. The highest BCUT2D eigenvalue weighted by molar-refractivity contribution is 9.10. The highest BCUT2D eigenvalue weighted by atomic mass is 79.9. The molecule has 1 saturated heterocycles. The zero-order chi connectivity index (χ0) is 15.1. The molecule has 0 bridgehead atoms. The van der Waals surface area contributed by atoms with Crippen LogP contribution in [0, 0.1) is 11.2 Å². The number of halogens is 3. The van der Waals surface area contributed by atoms with Crippen LogP contribution in [0.15, 0.2) is 16.6 Å². The molecule has 2 rings (SSSR count). The standard InChI is InChI=1S/C13H12BrClFNO3/c1-13(12(19)20)2-3-17(6-13)11(18)8-4-7(15)5-9(16)10(8)14/h4-5H,2-3,6H2,1H3,(H,19,20). The van der Waals surface area contributed by atoms with Gasteiger partial charge in [0, 0.05) is 18.1 Å². The summed E-state index contributed by atoms with van der Waals surface area (Å²) in [6.07, 6.45) is 0.370. The van der Waals surface area contributed by atoms with Crippen molar-refractivity contribution in [3.63, 3.8) is 0 Å². The van der Waals surface area contributed by atoms with Crippen molar-refractivity contribution in [1.82, 2.24) is 4.90 Å². The van der Waals surface area contributed by atoms with Crippen LogP contribution in [0.4, 0.5) is 4.39 Å². The zero-order valence-electron chi connectivity index (χ0n) is 10.6. The summed E-state index contributed by atoms with van der Waals surface area (Å²) in [6.45, 7) is 2.01. The van der Waals surface area contributed by atoms with E-state index in [0.717, 1.165) is 6.07 Å². The molecule has 1 unspecified atom stereocenters. The first-order valence-corrected chi connectivity index (χ1v) is 7.09. The Balaban J connectivity index is 2.28. The lowest BCUT2D eigenvalue weighted by molar-refractivity contribution is -0.147. The Bertz CT molecular complexity index is 595. The molecule has 0 aliphatic carbocycles. The molecule has 1 aliphatic rings. The van der Waals surface area contributed by atoms with Crippen molar-refractivity contribution in [2.45, 2.75) is 13.3 Å². The fraction of sp³-hybridized carbons (Fsp3) is 0.385. The van der Waals surface area contributed by atoms with Crippen LogP contribution >= 0.6 is 27.5 Å². The van der Waals surface area contributed by atoms with Crippen LogP contribution in [0.5, 0.6) is 0 Å². The fourth-order valence-corrected chi connectivity index (χ4v) is 2.79. The largest absolute Gasteiger partial charge is 0.481 e. The van der Waals surface area contributed by atoms with Crippen LogP contribution in [0.2, 0.25) is 5.02 Å². The van der Waals surface area contributed by atoms with E-state index in [4.69, 9.17) is 16.7 Å². The summed E-state index contributed by atoms with van der Waals surface area (Å²) in [4.78, 5) is 24.9. The number of aliphatic carboxylic acids is 1. The second-order valence-electron chi connectivity index (χ2n) is 5.09. The fourth-order valence-electron chi connectivity index (χ4n) is 2.19. The Hall–Kier alpha value is -1.14. The van der Waals surface area contributed by atoms with Crippen LogP contribution < -0.4 is 0 Å². The van der Waals surface area contributed by atoms with E-state index >= 15 is 0 Å². The second-order valence-corrected chi connectivity index (χ2v) is 6.32. The summed E-state index contributed by atoms with van der Waals surface area (Å²) in [5.41, 5.74) is -0.858. The van der Waals surface area contributed by atoms with Crippen molar-refractivity contribution in [3.8, 4) is 0 Å². The van der Waals surface area contributed by atoms with Gasteiger partial charge in [0.1, 0.15) is 5.82 Å². The number of carboxylic acid groups (broad SMARTS) is 1. The summed E-state index contributed by atoms with van der Waals surface area (Å²) in [7, 11) is 0. The monoisotopic (exact) mass is 363 g/mol. The highest BCUT2D eigenvalue weighted by Crippen LogP contribution is 2.33. The third kappa shape index (κ3) is 2.67. The van der Waals surface area contributed by atoms with E-state index in [1.54, 1.807) is 6.92 Å². The zero-order valence-corrected chi connectivity index (χ0v) is 13.0. The molecule has 0 radical (unpaired) electrons. The molecule has 1 aromatic carbocycles. The average molecular weight is 365 g/mol. The van der Waals surface area contributed by atoms with E-state index in [9.17, 15) is 14.0 Å². The van der Waals surface area contributed by atoms with Gasteiger partial charge < -0.3 is 10.0 Å². The maximum atomic E-state index is 13.6. The summed E-state index contributed by atoms with van der Waals surface area (Å²) < 4.78 is 13.6. The van der Waals surface area contributed by atoms with Crippen molar-refractivity contribution in [2.75, 3.05) is 13.1 Å². The first kappa shape index (κ1) is 15.3. The topological polar surface area (TPSA) is 57.6 Å². The highest BCUT2D eigenvalue weighted by Gasteiger charge is 2.42. The Morgan fingerprint density at radius 3 is 2.70 bits per heavy atom. The second kappa shape index (κ2) is 5.33. The molecule has 0 spiro atoms. The molecule has 7 heteroatoms. The van der Waals surface area contributed by atoms with E-state index in [1.807, 2.05) is 0 Å². The molecule has 1 aliphatic heterocycles. The molecule has 1 fully saturated rings. The van der Waals surface area contributed by atoms with Crippen LogP contribution in [-0.2, 0) is 4.79 Å². The third-order valence-electron chi connectivity index (χ3n) is 3.50. The van der Waals surface area contributed by atoms with Gasteiger partial charge in [0.25, 0.3) is 5.91 Å². The van der Waals surface area contributed by atoms with Gasteiger partial charge in [-0.1, -0.05) is 11.6 Å². The molecule has 1 heterocycles. The number of hydrogen-bond donors (Lipinski definition) is 1. The quantitative estimate of drug-likeness (QED) is 0.820. The molecule has 108 valence electrons. The van der Waals surface area contributed by atoms with Crippen LogP contribution in [-0.4, -0.2) is 35.0 Å². The minimum atomic E-state index is -0.959. The molecule has 1 atom stereocenters. The van der Waals surface area contributed by atoms with Gasteiger partial charge in [-0.25, -0.2) is 4.39 Å². The summed E-state index contributed by atoms with van der Waals surface area (Å²) in [5, 5.41) is 9.28. The minimum absolute atomic E-state index is 0.0378. The number of likely N-dealkylation sites (tertiary alicyclic amines) is 1. The molecular formula is C13H12BrClFNO3. The average Bonchev–Trinajstić information content (AvgIpc) is 2.77. The normalized spacial score (nSPS) is 22.1. The van der Waals surface area contributed by atoms with Crippen molar-refractivity contribution in [3.05, 3.63) is 33.0 Å². The predicted molar refractivity (Wildman–Crippen MR) is 75.4 cm³/mol. The number of carboxylic acids is 1. The third-order valence-corrected chi connectivity index (χ3v) is 4.52. The smallest absolute Gasteiger partial charge is 0.311 e. The van der Waals surface area contributed by atoms with E-state index in [2.05, 4.69) is 15.9 Å². The van der Waals surface area contributed by atoms with Crippen molar-refractivity contribution in [1.29, 1.82) is 0 Å². The predicted octanol–water partition coefficient (Wildman–Crippen LogP) is 3.18. The summed E-state index contributed by atoms with van der Waals surface area (Å²) >= 11 is 8.78. The van der Waals surface area contributed by atoms with E-state index in [-0.39, 0.29) is 21.6 Å². The van der Waals surface area contributed by atoms with Crippen LogP contribution in [0.1, 0.15) is 23.7 Å². The van der Waals surface area contributed by atoms with Gasteiger partial charge in [-0.15, -0.1) is 0 Å². The van der Waals surface area contributed by atoms with Crippen molar-refractivity contribution in [2.24, 2.45) is 5.41 Å². The maximum Gasteiger partial charge on any atom is 0.311 e. The lowest BCUT2D eigenvalue weighted by Gasteiger charge is -2.20. The Morgan fingerprint density at radius 2 is 2.15 bits per heavy atom. The molecule has 1 amide bonds. The van der Waals surface area contributed by atoms with E-state index in [1.165, 1.54) is 11.0 Å². The number of benzene rings is 1. The van der Waals surface area contributed by atoms with Gasteiger partial charge in [0.05, 0.1) is 15.5 Å². The number of rotatable bonds is 2. The first-order chi connectivity index (χ1) is 9.24. The lowest BCUT2D eigenvalue weighted by atomic mass is 9.90. The van der Waals surface area contributed by atoms with Gasteiger partial charge in [-0.05, 0) is 41.4 Å². The van der Waals surface area contributed by atoms with Gasteiger partial charge in [-0.2, -0.15) is 0 Å². The van der Waals surface area contributed by atoms with Gasteiger partial charge in [0.2, 0.25) is 0 Å². The number of amides is 1. The number of nitrogens with zero attached hydrogens (tertiary/aromatic N) is 1. The van der Waals surface area contributed by atoms with Gasteiger partial charge in [0.15, 0.2) is 0 Å². The van der Waals surface area contributed by atoms with Crippen molar-refractivity contribution < 1.29 is 19.1 Å². The lowest BCUT2D eigenvalue weighted by Crippen LogP contribution is -2.35. The van der Waals surface area contributed by atoms with Crippen LogP contribution in [0.3, 0.4) is 0 Å². The Kier molecular flexibility index (Phi) is 4.07. The number of carbonyl (C=O) groups excluding carboxylic acids is 1. The molecule has 0 aromatic heterocycles. The summed E-state index contributed by atoms with van der Waals surface area (Å²) in [5.74, 6) is -1.99. The molecule has 1 N–H and O–H groups in total. The SMILES string of the molecule is CC1(C(=O)O)CCN(C(=O)c2cc(Cl)cc(F)c2Br)C1. The minimum Gasteiger partial charge on any atom is -0.481 e. The van der Waals surface area contributed by atoms with E-state index in [0.29, 0.717) is 13.0 Å². The maximum absolute atomic E-state index is 13.6. The summed E-state index contributed by atoms with van der Waals surface area (Å²) in [6, 6.07) is 2.47. The first-order valence-electron chi connectivity index (χ1n) is 5.92. The van der Waals surface area contributed by atoms with E-state index < -0.39 is 23.1 Å².